The lowest BCUT2D eigenvalue weighted by Crippen LogP contribution is -2.57. The first-order valence-corrected chi connectivity index (χ1v) is 12.9. The number of aromatic nitrogens is 1. The molecular weight excluding hydrogens is 451 g/mol. The van der Waals surface area contributed by atoms with Crippen molar-refractivity contribution < 1.29 is 14.0 Å². The Morgan fingerprint density at radius 1 is 1.06 bits per heavy atom. The topological polar surface area (TPSA) is 56.8 Å². The number of carbonyl (C=O) groups is 2. The second-order valence-corrected chi connectivity index (χ2v) is 10.3. The molecule has 1 aliphatic carbocycles. The fourth-order valence-corrected chi connectivity index (χ4v) is 6.53. The first kappa shape index (κ1) is 22.9. The zero-order chi connectivity index (χ0) is 23.5. The highest BCUT2D eigenvalue weighted by atomic mass is 32.2. The molecule has 34 heavy (non-hydrogen) atoms. The maximum absolute atomic E-state index is 14.3. The van der Waals surface area contributed by atoms with E-state index in [0.717, 1.165) is 44.6 Å². The lowest BCUT2D eigenvalue weighted by molar-refractivity contribution is -0.141. The zero-order valence-electron chi connectivity index (χ0n) is 19.1. The lowest BCUT2D eigenvalue weighted by Gasteiger charge is -2.45. The van der Waals surface area contributed by atoms with Crippen molar-refractivity contribution in [3.8, 4) is 0 Å². The van der Waals surface area contributed by atoms with Crippen LogP contribution in [-0.2, 0) is 9.59 Å². The minimum absolute atomic E-state index is 0.0181. The van der Waals surface area contributed by atoms with Gasteiger partial charge >= 0.3 is 0 Å². The predicted octanol–water partition coefficient (Wildman–Crippen LogP) is 3.80. The fraction of sp³-hybridized carbons (Fsp3) is 0.423. The van der Waals surface area contributed by atoms with Crippen LogP contribution in [0, 0.1) is 5.82 Å². The molecule has 2 saturated heterocycles. The van der Waals surface area contributed by atoms with Crippen molar-refractivity contribution in [3.63, 3.8) is 0 Å². The molecular formula is C26H29FN4O2S. The maximum atomic E-state index is 14.3. The summed E-state index contributed by atoms with van der Waals surface area (Å²) < 4.78 is 14.3. The van der Waals surface area contributed by atoms with E-state index < -0.39 is 0 Å². The number of amides is 2. The van der Waals surface area contributed by atoms with Crippen molar-refractivity contribution in [1.82, 2.24) is 14.8 Å². The monoisotopic (exact) mass is 480 g/mol. The van der Waals surface area contributed by atoms with E-state index >= 15 is 0 Å². The molecule has 2 unspecified atom stereocenters. The number of hydrogen-bond donors (Lipinski definition) is 0. The molecule has 0 N–H and O–H groups in total. The normalized spacial score (nSPS) is 24.3. The second-order valence-electron chi connectivity index (χ2n) is 9.03. The van der Waals surface area contributed by atoms with Crippen molar-refractivity contribution in [2.45, 2.75) is 37.0 Å². The molecule has 6 nitrogen and oxygen atoms in total. The average Bonchev–Trinajstić information content (AvgIpc) is 2.88. The van der Waals surface area contributed by atoms with Crippen molar-refractivity contribution in [1.29, 1.82) is 0 Å². The number of carbonyl (C=O) groups excluding carboxylic acids is 2. The van der Waals surface area contributed by atoms with Gasteiger partial charge in [0.15, 0.2) is 0 Å². The molecule has 2 aromatic rings. The van der Waals surface area contributed by atoms with E-state index in [1.54, 1.807) is 47.1 Å². The number of pyridine rings is 1. The Labute approximate surface area is 203 Å². The Balaban J connectivity index is 1.29. The average molecular weight is 481 g/mol. The van der Waals surface area contributed by atoms with Crippen LogP contribution >= 0.6 is 11.8 Å². The number of thioether (sulfide) groups is 1. The summed E-state index contributed by atoms with van der Waals surface area (Å²) in [6, 6.07) is 12.4. The van der Waals surface area contributed by atoms with Gasteiger partial charge in [-0.15, -0.1) is 11.8 Å². The molecule has 3 heterocycles. The summed E-state index contributed by atoms with van der Waals surface area (Å²) in [5.74, 6) is 0.403. The van der Waals surface area contributed by atoms with E-state index in [1.165, 1.54) is 6.07 Å². The van der Waals surface area contributed by atoms with Crippen LogP contribution in [0.1, 0.15) is 31.2 Å². The minimum Gasteiger partial charge on any atom is -0.353 e. The quantitative estimate of drug-likeness (QED) is 0.623. The second kappa shape index (κ2) is 10.2. The van der Waals surface area contributed by atoms with E-state index in [2.05, 4.69) is 9.88 Å². The highest BCUT2D eigenvalue weighted by Gasteiger charge is 2.41. The Hall–Kier alpha value is -2.87. The molecule has 178 valence electrons. The summed E-state index contributed by atoms with van der Waals surface area (Å²) >= 11 is 1.56. The van der Waals surface area contributed by atoms with Crippen LogP contribution < -0.4 is 4.90 Å². The number of fused-ring (bicyclic) bond motifs is 1. The van der Waals surface area contributed by atoms with Crippen LogP contribution in [0.4, 0.5) is 10.2 Å². The third-order valence-corrected chi connectivity index (χ3v) is 8.32. The number of hydrogen-bond acceptors (Lipinski definition) is 5. The Morgan fingerprint density at radius 2 is 1.82 bits per heavy atom. The Bertz CT molecular complexity index is 1070. The van der Waals surface area contributed by atoms with Gasteiger partial charge in [0.2, 0.25) is 5.91 Å². The molecule has 1 aromatic heterocycles. The third kappa shape index (κ3) is 4.82. The minimum atomic E-state index is -0.345. The number of nitrogens with zero attached hydrogens (tertiary/aromatic N) is 4. The van der Waals surface area contributed by atoms with Gasteiger partial charge in [-0.25, -0.2) is 9.37 Å². The highest BCUT2D eigenvalue weighted by Crippen LogP contribution is 2.42. The molecule has 0 radical (unpaired) electrons. The van der Waals surface area contributed by atoms with Crippen LogP contribution in [0.3, 0.4) is 0 Å². The Kier molecular flexibility index (Phi) is 6.85. The SMILES string of the molecule is O=C(CN1C(=O)/C(=C/c2ccccc2F)SC2CCCCC21)N1CCN(c2ccccn2)CC1. The number of rotatable bonds is 4. The molecule has 1 aromatic carbocycles. The summed E-state index contributed by atoms with van der Waals surface area (Å²) in [4.78, 5) is 37.5. The van der Waals surface area contributed by atoms with Crippen molar-refractivity contribution >= 4 is 35.5 Å². The Morgan fingerprint density at radius 3 is 2.59 bits per heavy atom. The predicted molar refractivity (Wildman–Crippen MR) is 133 cm³/mol. The lowest BCUT2D eigenvalue weighted by atomic mass is 9.93. The standard InChI is InChI=1S/C26H29FN4O2S/c27-20-8-2-1-7-19(20)17-23-26(33)31(21-9-3-4-10-22(21)34-23)18-25(32)30-15-13-29(14-16-30)24-11-5-6-12-28-24/h1-2,5-8,11-12,17,21-22H,3-4,9-10,13-16,18H2/b23-17-. The van der Waals surface area contributed by atoms with Gasteiger partial charge in [-0.2, -0.15) is 0 Å². The fourth-order valence-electron chi connectivity index (χ4n) is 5.07. The van der Waals surface area contributed by atoms with Gasteiger partial charge in [0.05, 0.1) is 4.91 Å². The molecule has 5 rings (SSSR count). The summed E-state index contributed by atoms with van der Waals surface area (Å²) in [6.45, 7) is 2.74. The van der Waals surface area contributed by atoms with Gasteiger partial charge in [0, 0.05) is 49.2 Å². The molecule has 3 fully saturated rings. The van der Waals surface area contributed by atoms with Gasteiger partial charge in [-0.3, -0.25) is 9.59 Å². The van der Waals surface area contributed by atoms with E-state index in [9.17, 15) is 14.0 Å². The van der Waals surface area contributed by atoms with Crippen molar-refractivity contribution in [2.24, 2.45) is 0 Å². The molecule has 1 saturated carbocycles. The molecule has 2 amide bonds. The van der Waals surface area contributed by atoms with E-state index in [-0.39, 0.29) is 35.5 Å². The third-order valence-electron chi connectivity index (χ3n) is 6.92. The summed E-state index contributed by atoms with van der Waals surface area (Å²) in [7, 11) is 0. The van der Waals surface area contributed by atoms with Crippen LogP contribution in [0.25, 0.3) is 6.08 Å². The first-order chi connectivity index (χ1) is 16.6. The number of piperazine rings is 1. The van der Waals surface area contributed by atoms with E-state index in [1.807, 2.05) is 23.1 Å². The highest BCUT2D eigenvalue weighted by molar-refractivity contribution is 8.04. The van der Waals surface area contributed by atoms with Gasteiger partial charge in [0.1, 0.15) is 18.2 Å². The number of anilines is 1. The van der Waals surface area contributed by atoms with Gasteiger partial charge in [-0.05, 0) is 37.1 Å². The van der Waals surface area contributed by atoms with Crippen molar-refractivity contribution in [3.05, 3.63) is 64.9 Å². The van der Waals surface area contributed by atoms with E-state index in [4.69, 9.17) is 0 Å². The van der Waals surface area contributed by atoms with Crippen molar-refractivity contribution in [2.75, 3.05) is 37.6 Å². The largest absolute Gasteiger partial charge is 0.353 e. The molecule has 8 heteroatoms. The zero-order valence-corrected chi connectivity index (χ0v) is 19.9. The number of benzene rings is 1. The molecule has 3 aliphatic rings. The van der Waals surface area contributed by atoms with Crippen LogP contribution in [0.5, 0.6) is 0 Å². The summed E-state index contributed by atoms with van der Waals surface area (Å²) in [6.07, 6.45) is 7.53. The van der Waals surface area contributed by atoms with Gasteiger partial charge < -0.3 is 14.7 Å². The summed E-state index contributed by atoms with van der Waals surface area (Å²) in [5.41, 5.74) is 0.407. The first-order valence-electron chi connectivity index (χ1n) is 12.0. The van der Waals surface area contributed by atoms with Gasteiger partial charge in [0.25, 0.3) is 5.91 Å². The smallest absolute Gasteiger partial charge is 0.261 e. The molecule has 0 bridgehead atoms. The van der Waals surface area contributed by atoms with E-state index in [0.29, 0.717) is 23.6 Å². The molecule has 0 spiro atoms. The summed E-state index contributed by atoms with van der Waals surface area (Å²) in [5, 5.41) is 0.248. The van der Waals surface area contributed by atoms with Gasteiger partial charge in [-0.1, -0.05) is 37.1 Å². The van der Waals surface area contributed by atoms with Crippen LogP contribution in [-0.4, -0.2) is 70.6 Å². The molecule has 2 aliphatic heterocycles. The molecule has 2 atom stereocenters. The van der Waals surface area contributed by atoms with Crippen LogP contribution in [0.15, 0.2) is 53.6 Å². The number of halogens is 1. The maximum Gasteiger partial charge on any atom is 0.261 e. The van der Waals surface area contributed by atoms with Crippen LogP contribution in [0.2, 0.25) is 0 Å².